The number of anilines is 2. The molecule has 6 heteroatoms. The van der Waals surface area contributed by atoms with Gasteiger partial charge in [0.25, 0.3) is 0 Å². The average molecular weight is 348 g/mol. The number of nitrogens with zero attached hydrogens (tertiary/aromatic N) is 1. The molecule has 0 saturated heterocycles. The molecule has 1 aromatic heterocycles. The summed E-state index contributed by atoms with van der Waals surface area (Å²) < 4.78 is 12.1. The summed E-state index contributed by atoms with van der Waals surface area (Å²) in [6.45, 7) is 0. The lowest BCUT2D eigenvalue weighted by Gasteiger charge is -2.23. The van der Waals surface area contributed by atoms with Crippen LogP contribution < -0.4 is 20.5 Å². The molecule has 0 radical (unpaired) electrons. The molecule has 0 saturated carbocycles. The summed E-state index contributed by atoms with van der Waals surface area (Å²) in [5.74, 6) is 1.29. The van der Waals surface area contributed by atoms with Gasteiger partial charge in [-0.25, -0.2) is 4.98 Å². The summed E-state index contributed by atoms with van der Waals surface area (Å²) in [7, 11) is 1.64. The van der Waals surface area contributed by atoms with Crippen molar-refractivity contribution in [2.45, 2.75) is 6.10 Å². The highest BCUT2D eigenvalue weighted by Crippen LogP contribution is 2.38. The number of halogens is 1. The van der Waals surface area contributed by atoms with Crippen LogP contribution in [0.15, 0.2) is 47.2 Å². The van der Waals surface area contributed by atoms with E-state index in [1.165, 1.54) is 0 Å². The molecule has 1 atom stereocenters. The van der Waals surface area contributed by atoms with Crippen molar-refractivity contribution in [2.24, 2.45) is 0 Å². The fraction of sp³-hybridized carbons (Fsp3) is 0.133. The Morgan fingerprint density at radius 1 is 1.33 bits per heavy atom. The first-order chi connectivity index (χ1) is 10.2. The largest absolute Gasteiger partial charge is 0.495 e. The molecule has 2 aromatic rings. The van der Waals surface area contributed by atoms with Crippen LogP contribution in [0.5, 0.6) is 11.6 Å². The maximum absolute atomic E-state index is 5.91. The van der Waals surface area contributed by atoms with E-state index in [0.29, 0.717) is 11.6 Å². The molecule has 5 nitrogen and oxygen atoms in total. The molecule has 0 bridgehead atoms. The highest BCUT2D eigenvalue weighted by molar-refractivity contribution is 9.10. The number of methoxy groups -OCH3 is 1. The molecule has 1 aliphatic heterocycles. The molecule has 3 N–H and O–H groups in total. The minimum absolute atomic E-state index is 0.223. The molecule has 21 heavy (non-hydrogen) atoms. The maximum Gasteiger partial charge on any atom is 0.214 e. The molecule has 1 aromatic carbocycles. The van der Waals surface area contributed by atoms with Gasteiger partial charge in [0.15, 0.2) is 0 Å². The molecular formula is C15H14BrN3O2. The van der Waals surface area contributed by atoms with E-state index in [1.54, 1.807) is 25.4 Å². The van der Waals surface area contributed by atoms with Crippen molar-refractivity contribution in [1.82, 2.24) is 4.98 Å². The van der Waals surface area contributed by atoms with E-state index in [4.69, 9.17) is 15.2 Å². The van der Waals surface area contributed by atoms with Gasteiger partial charge in [-0.15, -0.1) is 0 Å². The van der Waals surface area contributed by atoms with Crippen LogP contribution in [-0.4, -0.2) is 12.1 Å². The summed E-state index contributed by atoms with van der Waals surface area (Å²) >= 11 is 3.49. The van der Waals surface area contributed by atoms with E-state index in [-0.39, 0.29) is 6.10 Å². The van der Waals surface area contributed by atoms with Crippen molar-refractivity contribution in [3.63, 3.8) is 0 Å². The van der Waals surface area contributed by atoms with E-state index in [2.05, 4.69) is 26.2 Å². The van der Waals surface area contributed by atoms with E-state index in [0.717, 1.165) is 21.5 Å². The standard InChI is InChI=1S/C15H14BrN3O2/c1-20-14-7-12-10(6-11(14)16)13(4-5-18-12)21-15-3-2-9(17)8-19-15/h2-8,13,18H,17H2,1H3. The number of rotatable bonds is 3. The van der Waals surface area contributed by atoms with Crippen LogP contribution in [0.2, 0.25) is 0 Å². The van der Waals surface area contributed by atoms with Crippen LogP contribution >= 0.6 is 15.9 Å². The van der Waals surface area contributed by atoms with Gasteiger partial charge in [-0.2, -0.15) is 0 Å². The number of nitrogen functional groups attached to an aromatic ring is 1. The fourth-order valence-electron chi connectivity index (χ4n) is 2.11. The van der Waals surface area contributed by atoms with Gasteiger partial charge in [-0.1, -0.05) is 0 Å². The van der Waals surface area contributed by atoms with Crippen LogP contribution in [-0.2, 0) is 0 Å². The molecule has 108 valence electrons. The number of nitrogens with one attached hydrogen (secondary N) is 1. The molecule has 0 spiro atoms. The Bertz CT molecular complexity index is 686. The third-order valence-electron chi connectivity index (χ3n) is 3.15. The number of hydrogen-bond acceptors (Lipinski definition) is 5. The Balaban J connectivity index is 1.91. The first-order valence-corrected chi connectivity index (χ1v) is 7.15. The van der Waals surface area contributed by atoms with Crippen LogP contribution in [0.3, 0.4) is 0 Å². The summed E-state index contributed by atoms with van der Waals surface area (Å²) in [6.07, 6.45) is 5.13. The Labute approximate surface area is 130 Å². The van der Waals surface area contributed by atoms with Crippen LogP contribution in [0, 0.1) is 0 Å². The number of fused-ring (bicyclic) bond motifs is 1. The predicted octanol–water partition coefficient (Wildman–Crippen LogP) is 3.49. The summed E-state index contributed by atoms with van der Waals surface area (Å²) in [6, 6.07) is 7.42. The van der Waals surface area contributed by atoms with Gasteiger partial charge >= 0.3 is 0 Å². The number of hydrogen-bond donors (Lipinski definition) is 2. The molecule has 1 unspecified atom stereocenters. The van der Waals surface area contributed by atoms with E-state index >= 15 is 0 Å². The zero-order chi connectivity index (χ0) is 14.8. The second-order valence-electron chi connectivity index (χ2n) is 4.55. The van der Waals surface area contributed by atoms with Crippen molar-refractivity contribution >= 4 is 27.3 Å². The average Bonchev–Trinajstić information content (AvgIpc) is 2.49. The lowest BCUT2D eigenvalue weighted by Crippen LogP contribution is -2.13. The highest BCUT2D eigenvalue weighted by atomic mass is 79.9. The van der Waals surface area contributed by atoms with Crippen LogP contribution in [0.4, 0.5) is 11.4 Å². The number of nitrogens with two attached hydrogens (primary N) is 1. The second-order valence-corrected chi connectivity index (χ2v) is 5.40. The molecule has 3 rings (SSSR count). The molecule has 2 heterocycles. The van der Waals surface area contributed by atoms with Crippen LogP contribution in [0.25, 0.3) is 0 Å². The molecule has 0 amide bonds. The van der Waals surface area contributed by atoms with Gasteiger partial charge < -0.3 is 20.5 Å². The molecule has 0 aliphatic carbocycles. The number of benzene rings is 1. The molecular weight excluding hydrogens is 334 g/mol. The Morgan fingerprint density at radius 3 is 2.90 bits per heavy atom. The van der Waals surface area contributed by atoms with Gasteiger partial charge in [0, 0.05) is 29.6 Å². The zero-order valence-corrected chi connectivity index (χ0v) is 12.9. The highest BCUT2D eigenvalue weighted by Gasteiger charge is 2.20. The lowest BCUT2D eigenvalue weighted by molar-refractivity contribution is 0.244. The normalized spacial score (nSPS) is 16.0. The maximum atomic E-state index is 5.91. The first kappa shape index (κ1) is 13.8. The smallest absolute Gasteiger partial charge is 0.214 e. The summed E-state index contributed by atoms with van der Waals surface area (Å²) in [5.41, 5.74) is 8.18. The van der Waals surface area contributed by atoms with E-state index in [9.17, 15) is 0 Å². The van der Waals surface area contributed by atoms with Crippen molar-refractivity contribution in [3.05, 3.63) is 52.8 Å². The van der Waals surface area contributed by atoms with Gasteiger partial charge in [-0.3, -0.25) is 0 Å². The minimum Gasteiger partial charge on any atom is -0.495 e. The molecule has 0 fully saturated rings. The Morgan fingerprint density at radius 2 is 2.19 bits per heavy atom. The zero-order valence-electron chi connectivity index (χ0n) is 11.3. The van der Waals surface area contributed by atoms with Gasteiger partial charge in [0.05, 0.1) is 23.5 Å². The van der Waals surface area contributed by atoms with Crippen molar-refractivity contribution in [3.8, 4) is 11.6 Å². The SMILES string of the molecule is COc1cc2c(cc1Br)C(Oc1ccc(N)cn1)C=CN2. The second kappa shape index (κ2) is 5.65. The first-order valence-electron chi connectivity index (χ1n) is 6.36. The number of aromatic nitrogens is 1. The van der Waals surface area contributed by atoms with Crippen molar-refractivity contribution in [2.75, 3.05) is 18.2 Å². The summed E-state index contributed by atoms with van der Waals surface area (Å²) in [4.78, 5) is 4.16. The summed E-state index contributed by atoms with van der Waals surface area (Å²) in [5, 5.41) is 3.19. The topological polar surface area (TPSA) is 69.4 Å². The van der Waals surface area contributed by atoms with Gasteiger partial charge in [-0.05, 0) is 34.1 Å². The lowest BCUT2D eigenvalue weighted by atomic mass is 10.0. The van der Waals surface area contributed by atoms with Gasteiger partial charge in [0.2, 0.25) is 5.88 Å². The van der Waals surface area contributed by atoms with Crippen LogP contribution in [0.1, 0.15) is 11.7 Å². The fourth-order valence-corrected chi connectivity index (χ4v) is 2.63. The number of pyridine rings is 1. The third-order valence-corrected chi connectivity index (χ3v) is 3.77. The minimum atomic E-state index is -0.223. The van der Waals surface area contributed by atoms with Crippen molar-refractivity contribution in [1.29, 1.82) is 0 Å². The number of ether oxygens (including phenoxy) is 2. The van der Waals surface area contributed by atoms with E-state index < -0.39 is 0 Å². The third kappa shape index (κ3) is 2.80. The predicted molar refractivity (Wildman–Crippen MR) is 85.5 cm³/mol. The van der Waals surface area contributed by atoms with Gasteiger partial charge in [0.1, 0.15) is 11.9 Å². The Kier molecular flexibility index (Phi) is 3.70. The monoisotopic (exact) mass is 347 g/mol. The Hall–Kier alpha value is -2.21. The van der Waals surface area contributed by atoms with Crippen molar-refractivity contribution < 1.29 is 9.47 Å². The molecule has 1 aliphatic rings. The quantitative estimate of drug-likeness (QED) is 0.889. The van der Waals surface area contributed by atoms with E-state index in [1.807, 2.05) is 24.4 Å².